The van der Waals surface area contributed by atoms with Gasteiger partial charge in [-0.2, -0.15) is 10.2 Å². The zero-order chi connectivity index (χ0) is 13.6. The third-order valence-electron chi connectivity index (χ3n) is 3.13. The van der Waals surface area contributed by atoms with Gasteiger partial charge in [-0.1, -0.05) is 0 Å². The lowest BCUT2D eigenvalue weighted by Gasteiger charge is -2.05. The summed E-state index contributed by atoms with van der Waals surface area (Å²) in [6.45, 7) is 4.80. The first-order valence-electron chi connectivity index (χ1n) is 6.16. The first-order valence-corrected chi connectivity index (χ1v) is 6.69. The van der Waals surface area contributed by atoms with Crippen LogP contribution in [0.2, 0.25) is 0 Å². The number of hydrogen-bond donors (Lipinski definition) is 0. The van der Waals surface area contributed by atoms with Crippen LogP contribution in [0.1, 0.15) is 18.4 Å². The van der Waals surface area contributed by atoms with Crippen LogP contribution in [0.15, 0.2) is 12.3 Å². The maximum Gasteiger partial charge on any atom is 0.164 e. The molecule has 0 bridgehead atoms. The van der Waals surface area contributed by atoms with Crippen LogP contribution in [0.25, 0.3) is 17.0 Å². The SMILES string of the molecule is CCn1nc(C)c2nc(CCl)n(-c3ccn(C)n3)c21. The lowest BCUT2D eigenvalue weighted by Crippen LogP contribution is -2.07. The van der Waals surface area contributed by atoms with E-state index in [1.807, 2.05) is 35.5 Å². The summed E-state index contributed by atoms with van der Waals surface area (Å²) in [5.41, 5.74) is 2.76. The van der Waals surface area contributed by atoms with Gasteiger partial charge in [0.05, 0.1) is 11.6 Å². The second-order valence-corrected chi connectivity index (χ2v) is 4.69. The molecule has 3 heterocycles. The molecule has 6 nitrogen and oxygen atoms in total. The summed E-state index contributed by atoms with van der Waals surface area (Å²) in [7, 11) is 1.89. The second-order valence-electron chi connectivity index (χ2n) is 4.42. The highest BCUT2D eigenvalue weighted by Crippen LogP contribution is 2.24. The lowest BCUT2D eigenvalue weighted by atomic mass is 10.4. The molecule has 0 fully saturated rings. The Labute approximate surface area is 115 Å². The number of fused-ring (bicyclic) bond motifs is 1. The minimum Gasteiger partial charge on any atom is -0.274 e. The fourth-order valence-corrected chi connectivity index (χ4v) is 2.47. The van der Waals surface area contributed by atoms with E-state index in [9.17, 15) is 0 Å². The standard InChI is InChI=1S/C12H15ClN6/c1-4-18-12-11(8(2)15-18)14-10(7-13)19(12)9-5-6-17(3)16-9/h5-6H,4,7H2,1-3H3. The van der Waals surface area contributed by atoms with Crippen molar-refractivity contribution in [2.24, 2.45) is 7.05 Å². The summed E-state index contributed by atoms with van der Waals surface area (Å²) in [5.74, 6) is 1.95. The van der Waals surface area contributed by atoms with Crippen molar-refractivity contribution in [3.8, 4) is 5.82 Å². The Hall–Kier alpha value is -1.82. The van der Waals surface area contributed by atoms with Crippen LogP contribution < -0.4 is 0 Å². The van der Waals surface area contributed by atoms with Gasteiger partial charge in [-0.15, -0.1) is 11.6 Å². The van der Waals surface area contributed by atoms with E-state index in [0.29, 0.717) is 5.88 Å². The molecular weight excluding hydrogens is 264 g/mol. The molecule has 100 valence electrons. The predicted molar refractivity (Wildman–Crippen MR) is 73.6 cm³/mol. The topological polar surface area (TPSA) is 53.5 Å². The predicted octanol–water partition coefficient (Wildman–Crippen LogP) is 2.02. The first kappa shape index (κ1) is 12.2. The van der Waals surface area contributed by atoms with Gasteiger partial charge >= 0.3 is 0 Å². The minimum atomic E-state index is 0.342. The number of rotatable bonds is 3. The molecule has 0 aliphatic heterocycles. The van der Waals surface area contributed by atoms with Crippen LogP contribution in [0.4, 0.5) is 0 Å². The summed E-state index contributed by atoms with van der Waals surface area (Å²) >= 11 is 6.02. The number of halogens is 1. The Morgan fingerprint density at radius 3 is 2.68 bits per heavy atom. The van der Waals surface area contributed by atoms with Gasteiger partial charge < -0.3 is 0 Å². The van der Waals surface area contributed by atoms with E-state index >= 15 is 0 Å². The van der Waals surface area contributed by atoms with Crippen LogP contribution in [-0.2, 0) is 19.5 Å². The molecule has 0 aliphatic carbocycles. The largest absolute Gasteiger partial charge is 0.274 e. The smallest absolute Gasteiger partial charge is 0.164 e. The Morgan fingerprint density at radius 1 is 1.32 bits per heavy atom. The van der Waals surface area contributed by atoms with E-state index in [4.69, 9.17) is 11.6 Å². The second kappa shape index (κ2) is 4.38. The molecule has 0 radical (unpaired) electrons. The molecule has 0 spiro atoms. The van der Waals surface area contributed by atoms with Gasteiger partial charge in [0.15, 0.2) is 11.5 Å². The van der Waals surface area contributed by atoms with Crippen molar-refractivity contribution in [2.75, 3.05) is 0 Å². The monoisotopic (exact) mass is 278 g/mol. The van der Waals surface area contributed by atoms with E-state index < -0.39 is 0 Å². The van der Waals surface area contributed by atoms with Gasteiger partial charge in [0.25, 0.3) is 0 Å². The van der Waals surface area contributed by atoms with Gasteiger partial charge in [-0.05, 0) is 13.8 Å². The van der Waals surface area contributed by atoms with Crippen LogP contribution in [0.5, 0.6) is 0 Å². The number of aryl methyl sites for hydroxylation is 3. The zero-order valence-corrected chi connectivity index (χ0v) is 11.9. The van der Waals surface area contributed by atoms with E-state index in [0.717, 1.165) is 35.0 Å². The zero-order valence-electron chi connectivity index (χ0n) is 11.1. The van der Waals surface area contributed by atoms with Gasteiger partial charge in [-0.25, -0.2) is 9.67 Å². The van der Waals surface area contributed by atoms with Crippen molar-refractivity contribution in [1.29, 1.82) is 0 Å². The van der Waals surface area contributed by atoms with Gasteiger partial charge in [-0.3, -0.25) is 9.25 Å². The molecule has 0 aliphatic rings. The maximum absolute atomic E-state index is 6.02. The average molecular weight is 279 g/mol. The molecule has 3 aromatic heterocycles. The fraction of sp³-hybridized carbons (Fsp3) is 0.417. The molecule has 0 saturated heterocycles. The summed E-state index contributed by atoms with van der Waals surface area (Å²) in [5, 5.41) is 8.93. The summed E-state index contributed by atoms with van der Waals surface area (Å²) in [6.07, 6.45) is 1.90. The molecular formula is C12H15ClN6. The molecule has 19 heavy (non-hydrogen) atoms. The highest BCUT2D eigenvalue weighted by Gasteiger charge is 2.19. The molecule has 0 amide bonds. The lowest BCUT2D eigenvalue weighted by molar-refractivity contribution is 0.656. The van der Waals surface area contributed by atoms with Crippen molar-refractivity contribution in [3.63, 3.8) is 0 Å². The maximum atomic E-state index is 6.02. The summed E-state index contributed by atoms with van der Waals surface area (Å²) < 4.78 is 5.67. The third-order valence-corrected chi connectivity index (χ3v) is 3.37. The number of aromatic nitrogens is 6. The van der Waals surface area contributed by atoms with Crippen molar-refractivity contribution in [2.45, 2.75) is 26.3 Å². The number of nitrogens with zero attached hydrogens (tertiary/aromatic N) is 6. The minimum absolute atomic E-state index is 0.342. The van der Waals surface area contributed by atoms with Gasteiger partial charge in [0, 0.05) is 25.9 Å². The van der Waals surface area contributed by atoms with Gasteiger partial charge in [0.2, 0.25) is 0 Å². The molecule has 0 N–H and O–H groups in total. The van der Waals surface area contributed by atoms with Crippen molar-refractivity contribution in [1.82, 2.24) is 29.1 Å². The normalized spacial score (nSPS) is 11.6. The van der Waals surface area contributed by atoms with Crippen molar-refractivity contribution in [3.05, 3.63) is 23.8 Å². The number of hydrogen-bond acceptors (Lipinski definition) is 3. The summed E-state index contributed by atoms with van der Waals surface area (Å²) in [6, 6.07) is 1.94. The molecule has 3 rings (SSSR count). The Morgan fingerprint density at radius 2 is 2.11 bits per heavy atom. The van der Waals surface area contributed by atoms with E-state index in [1.54, 1.807) is 4.68 Å². The average Bonchev–Trinajstić information content (AvgIpc) is 3.04. The van der Waals surface area contributed by atoms with E-state index in [-0.39, 0.29) is 0 Å². The Balaban J connectivity index is 2.37. The van der Waals surface area contributed by atoms with Crippen LogP contribution in [0.3, 0.4) is 0 Å². The molecule has 0 unspecified atom stereocenters. The summed E-state index contributed by atoms with van der Waals surface area (Å²) in [4.78, 5) is 4.58. The van der Waals surface area contributed by atoms with Crippen LogP contribution in [-0.4, -0.2) is 29.1 Å². The van der Waals surface area contributed by atoms with E-state index in [1.165, 1.54) is 0 Å². The molecule has 0 saturated carbocycles. The molecule has 0 aromatic carbocycles. The Bertz CT molecular complexity index is 735. The number of imidazole rings is 1. The van der Waals surface area contributed by atoms with Crippen LogP contribution >= 0.6 is 11.6 Å². The van der Waals surface area contributed by atoms with Crippen molar-refractivity contribution < 1.29 is 0 Å². The first-order chi connectivity index (χ1) is 9.15. The number of alkyl halides is 1. The fourth-order valence-electron chi connectivity index (χ4n) is 2.29. The quantitative estimate of drug-likeness (QED) is 0.689. The van der Waals surface area contributed by atoms with Gasteiger partial charge in [0.1, 0.15) is 11.3 Å². The Kier molecular flexibility index (Phi) is 2.82. The highest BCUT2D eigenvalue weighted by atomic mass is 35.5. The molecule has 0 atom stereocenters. The molecule has 7 heteroatoms. The van der Waals surface area contributed by atoms with E-state index in [2.05, 4.69) is 22.1 Å². The third kappa shape index (κ3) is 1.74. The highest BCUT2D eigenvalue weighted by molar-refractivity contribution is 6.16. The molecule has 3 aromatic rings. The van der Waals surface area contributed by atoms with Crippen molar-refractivity contribution >= 4 is 22.8 Å². The van der Waals surface area contributed by atoms with Crippen LogP contribution in [0, 0.1) is 6.92 Å².